The fraction of sp³-hybridized carbons (Fsp3) is 0.364. The highest BCUT2D eigenvalue weighted by molar-refractivity contribution is 8.13. The molecular formula is C22H22N4OS. The first-order chi connectivity index (χ1) is 13.5. The molecule has 4 rings (SSSR count). The monoisotopic (exact) mass is 390 g/mol. The van der Waals surface area contributed by atoms with Gasteiger partial charge in [0.15, 0.2) is 11.0 Å². The second-order valence-corrected chi connectivity index (χ2v) is 8.64. The molecule has 0 spiro atoms. The molecule has 2 atom stereocenters. The van der Waals surface area contributed by atoms with Gasteiger partial charge in [0.1, 0.15) is 5.69 Å². The Labute approximate surface area is 169 Å². The van der Waals surface area contributed by atoms with E-state index in [1.165, 1.54) is 17.3 Å². The number of aryl methyl sites for hydroxylation is 1. The number of pyridine rings is 1. The van der Waals surface area contributed by atoms with Gasteiger partial charge in [-0.3, -0.25) is 14.8 Å². The molecule has 6 heteroatoms. The molecule has 28 heavy (non-hydrogen) atoms. The molecule has 2 N–H and O–H groups in total. The van der Waals surface area contributed by atoms with Crippen molar-refractivity contribution in [3.05, 3.63) is 70.3 Å². The molecule has 0 saturated carbocycles. The van der Waals surface area contributed by atoms with Gasteiger partial charge in [0.05, 0.1) is 12.1 Å². The summed E-state index contributed by atoms with van der Waals surface area (Å²) in [5.41, 5.74) is 10.1. The molecule has 1 aromatic heterocycles. The third kappa shape index (κ3) is 3.43. The van der Waals surface area contributed by atoms with E-state index in [2.05, 4.69) is 28.9 Å². The maximum Gasteiger partial charge on any atom is 0.205 e. The number of benzene rings is 1. The molecule has 0 amide bonds. The predicted molar refractivity (Wildman–Crippen MR) is 113 cm³/mol. The molecule has 0 saturated heterocycles. The van der Waals surface area contributed by atoms with Crippen molar-refractivity contribution in [1.82, 2.24) is 4.98 Å². The highest BCUT2D eigenvalue weighted by Crippen LogP contribution is 2.46. The van der Waals surface area contributed by atoms with Gasteiger partial charge in [-0.1, -0.05) is 36.0 Å². The van der Waals surface area contributed by atoms with Crippen molar-refractivity contribution < 1.29 is 4.79 Å². The van der Waals surface area contributed by atoms with Crippen LogP contribution in [0.5, 0.6) is 0 Å². The summed E-state index contributed by atoms with van der Waals surface area (Å²) in [5.74, 6) is 1.40. The van der Waals surface area contributed by atoms with Gasteiger partial charge in [-0.15, -0.1) is 0 Å². The van der Waals surface area contributed by atoms with Gasteiger partial charge in [0.2, 0.25) is 5.69 Å². The van der Waals surface area contributed by atoms with Crippen molar-refractivity contribution >= 4 is 28.4 Å². The van der Waals surface area contributed by atoms with E-state index >= 15 is 0 Å². The van der Waals surface area contributed by atoms with Crippen molar-refractivity contribution in [3.8, 4) is 0 Å². The Morgan fingerprint density at radius 3 is 3.00 bits per heavy atom. The first kappa shape index (κ1) is 18.7. The van der Waals surface area contributed by atoms with E-state index in [-0.39, 0.29) is 17.7 Å². The van der Waals surface area contributed by atoms with E-state index in [0.717, 1.165) is 30.6 Å². The number of ketones is 1. The molecular weight excluding hydrogens is 368 g/mol. The summed E-state index contributed by atoms with van der Waals surface area (Å²) < 4.78 is 0. The number of thioether (sulfide) groups is 1. The first-order valence-corrected chi connectivity index (χ1v) is 10.5. The lowest BCUT2D eigenvalue weighted by molar-refractivity contribution is 0.0988. The van der Waals surface area contributed by atoms with Crippen LogP contribution in [0.2, 0.25) is 0 Å². The van der Waals surface area contributed by atoms with Crippen molar-refractivity contribution in [2.75, 3.05) is 5.75 Å². The molecule has 0 bridgehead atoms. The number of Topliss-reactive ketones (excluding diaryl/α,β-unsaturated/α-hetero) is 1. The van der Waals surface area contributed by atoms with E-state index in [1.807, 2.05) is 6.07 Å². The topological polar surface area (TPSA) is 72.7 Å². The number of hydrogen-bond donors (Lipinski definition) is 1. The Kier molecular flexibility index (Phi) is 4.94. The van der Waals surface area contributed by atoms with E-state index in [4.69, 9.17) is 17.3 Å². The lowest BCUT2D eigenvalue weighted by Gasteiger charge is -2.37. The summed E-state index contributed by atoms with van der Waals surface area (Å²) in [6, 6.07) is 9.59. The average Bonchev–Trinajstić information content (AvgIpc) is 2.84. The van der Waals surface area contributed by atoms with Crippen LogP contribution in [0, 0.1) is 12.5 Å². The zero-order valence-electron chi connectivity index (χ0n) is 15.8. The van der Waals surface area contributed by atoms with Crippen molar-refractivity contribution in [2.45, 2.75) is 38.1 Å². The molecule has 0 unspecified atom stereocenters. The fourth-order valence-electron chi connectivity index (χ4n) is 4.20. The summed E-state index contributed by atoms with van der Waals surface area (Å²) >= 11 is 1.65. The highest BCUT2D eigenvalue weighted by Gasteiger charge is 2.41. The Morgan fingerprint density at radius 2 is 2.25 bits per heavy atom. The second kappa shape index (κ2) is 7.40. The number of amidine groups is 1. The highest BCUT2D eigenvalue weighted by atomic mass is 32.2. The number of carbonyl (C=O) groups excluding carboxylic acids is 1. The Hall–Kier alpha value is -2.65. The number of nitrogens with zero attached hydrogens (tertiary/aromatic N) is 3. The van der Waals surface area contributed by atoms with Gasteiger partial charge in [0.25, 0.3) is 0 Å². The van der Waals surface area contributed by atoms with Gasteiger partial charge < -0.3 is 5.73 Å². The summed E-state index contributed by atoms with van der Waals surface area (Å²) in [6.45, 7) is 9.18. The zero-order chi connectivity index (χ0) is 19.7. The van der Waals surface area contributed by atoms with Crippen LogP contribution in [-0.2, 0) is 18.4 Å². The molecule has 5 nitrogen and oxygen atoms in total. The largest absolute Gasteiger partial charge is 0.379 e. The SMILES string of the molecule is [C-]#[N+]c1ccc(C(=O)Cc2ccc3c(c2)[C@]2(C)N=C(N)SC[C@@H]2CCC3)nc1. The number of aromatic nitrogens is 1. The van der Waals surface area contributed by atoms with Crippen LogP contribution in [0.25, 0.3) is 4.85 Å². The maximum atomic E-state index is 12.7. The normalized spacial score (nSPS) is 23.6. The van der Waals surface area contributed by atoms with Crippen molar-refractivity contribution in [3.63, 3.8) is 0 Å². The van der Waals surface area contributed by atoms with E-state index in [9.17, 15) is 4.79 Å². The summed E-state index contributed by atoms with van der Waals surface area (Å²) in [7, 11) is 0. The minimum absolute atomic E-state index is 0.0472. The molecule has 2 heterocycles. The predicted octanol–water partition coefficient (Wildman–Crippen LogP) is 4.29. The van der Waals surface area contributed by atoms with E-state index in [0.29, 0.717) is 22.5 Å². The van der Waals surface area contributed by atoms with Gasteiger partial charge in [-0.2, -0.15) is 0 Å². The van der Waals surface area contributed by atoms with Gasteiger partial charge >= 0.3 is 0 Å². The number of hydrogen-bond acceptors (Lipinski definition) is 5. The molecule has 2 aromatic rings. The van der Waals surface area contributed by atoms with E-state index in [1.54, 1.807) is 23.9 Å². The lowest BCUT2D eigenvalue weighted by atomic mass is 9.78. The summed E-state index contributed by atoms with van der Waals surface area (Å²) in [4.78, 5) is 25.0. The minimum Gasteiger partial charge on any atom is -0.379 e. The molecule has 0 fully saturated rings. The second-order valence-electron chi connectivity index (χ2n) is 7.60. The third-order valence-electron chi connectivity index (χ3n) is 5.82. The van der Waals surface area contributed by atoms with Crippen LogP contribution >= 0.6 is 11.8 Å². The Morgan fingerprint density at radius 1 is 1.39 bits per heavy atom. The fourth-order valence-corrected chi connectivity index (χ4v) is 5.32. The Bertz CT molecular complexity index is 993. The molecule has 0 radical (unpaired) electrons. The van der Waals surface area contributed by atoms with Crippen molar-refractivity contribution in [2.24, 2.45) is 16.6 Å². The average molecular weight is 391 g/mol. The molecule has 1 aromatic carbocycles. The maximum absolute atomic E-state index is 12.7. The quantitative estimate of drug-likeness (QED) is 0.627. The lowest BCUT2D eigenvalue weighted by Crippen LogP contribution is -2.37. The summed E-state index contributed by atoms with van der Waals surface area (Å²) in [6.07, 6.45) is 5.06. The number of aliphatic imine (C=N–C) groups is 1. The van der Waals surface area contributed by atoms with Crippen LogP contribution in [0.1, 0.15) is 46.9 Å². The number of fused-ring (bicyclic) bond motifs is 3. The van der Waals surface area contributed by atoms with Crippen LogP contribution in [-0.4, -0.2) is 21.7 Å². The van der Waals surface area contributed by atoms with Crippen LogP contribution in [0.15, 0.2) is 41.5 Å². The first-order valence-electron chi connectivity index (χ1n) is 9.47. The smallest absolute Gasteiger partial charge is 0.205 e. The van der Waals surface area contributed by atoms with Gasteiger partial charge in [-0.25, -0.2) is 4.85 Å². The molecule has 2 aliphatic rings. The van der Waals surface area contributed by atoms with Crippen molar-refractivity contribution in [1.29, 1.82) is 0 Å². The Balaban J connectivity index is 1.66. The molecule has 142 valence electrons. The van der Waals surface area contributed by atoms with Crippen LogP contribution < -0.4 is 5.73 Å². The number of carbonyl (C=O) groups is 1. The van der Waals surface area contributed by atoms with Crippen LogP contribution in [0.3, 0.4) is 0 Å². The van der Waals surface area contributed by atoms with Gasteiger partial charge in [0, 0.05) is 18.4 Å². The summed E-state index contributed by atoms with van der Waals surface area (Å²) in [5, 5.41) is 0.650. The van der Waals surface area contributed by atoms with Crippen LogP contribution in [0.4, 0.5) is 5.69 Å². The molecule has 1 aliphatic carbocycles. The number of rotatable bonds is 3. The van der Waals surface area contributed by atoms with E-state index < -0.39 is 0 Å². The number of nitrogens with two attached hydrogens (primary N) is 1. The zero-order valence-corrected chi connectivity index (χ0v) is 16.6. The minimum atomic E-state index is -0.324. The third-order valence-corrected chi connectivity index (χ3v) is 6.77. The molecule has 1 aliphatic heterocycles. The van der Waals surface area contributed by atoms with Gasteiger partial charge in [-0.05, 0) is 54.9 Å². The standard InChI is InChI=1S/C22H22N4OS/c1-22-16(13-28-21(23)26-22)5-3-4-15-7-6-14(10-18(15)22)11-20(27)19-9-8-17(24-2)12-25-19/h6-10,12,16H,3-5,11,13H2,1H3,(H2,23,26)/t16-,22+/m0/s1.